The number of hydrogen-bond donors (Lipinski definition) is 3. The van der Waals surface area contributed by atoms with E-state index in [1.807, 2.05) is 47.4 Å². The number of esters is 1. The molecule has 0 spiro atoms. The molecule has 1 saturated heterocycles. The summed E-state index contributed by atoms with van der Waals surface area (Å²) in [6.07, 6.45) is 3.19. The number of nitrogens with zero attached hydrogens (tertiary/aromatic N) is 1. The van der Waals surface area contributed by atoms with E-state index in [0.29, 0.717) is 38.3 Å². The first kappa shape index (κ1) is 30.0. The first-order chi connectivity index (χ1) is 18.7. The zero-order chi connectivity index (χ0) is 28.3. The lowest BCUT2D eigenvalue weighted by molar-refractivity contribution is -0.141. The molecule has 1 heterocycles. The Balaban J connectivity index is 1.57. The summed E-state index contributed by atoms with van der Waals surface area (Å²) in [7, 11) is 0. The summed E-state index contributed by atoms with van der Waals surface area (Å²) in [6, 6.07) is 12.8. The van der Waals surface area contributed by atoms with Gasteiger partial charge in [-0.15, -0.1) is 0 Å². The van der Waals surface area contributed by atoms with Gasteiger partial charge in [0.25, 0.3) is 0 Å². The standard InChI is InChI=1S/C30H41N3O6/c1-4-39-28(36)21-32-29(37)31-20-22-9-5-6-10-24(22)25-13-12-23(19-26(25)34)30(2,3)14-8-7-11-27(35)33-15-17-38-18-16-33/h5-6,9-10,12-13,19,34H,4,7-8,11,14-18,20-21H2,1-3H3,(H2,31,32,37). The van der Waals surface area contributed by atoms with Gasteiger partial charge in [0.1, 0.15) is 12.3 Å². The molecule has 3 rings (SSSR count). The van der Waals surface area contributed by atoms with Crippen LogP contribution >= 0.6 is 0 Å². The Labute approximate surface area is 230 Å². The Morgan fingerprint density at radius 2 is 1.77 bits per heavy atom. The number of urea groups is 1. The molecule has 212 valence electrons. The molecule has 9 heteroatoms. The molecule has 1 aliphatic rings. The fourth-order valence-electron chi connectivity index (χ4n) is 4.68. The summed E-state index contributed by atoms with van der Waals surface area (Å²) >= 11 is 0. The van der Waals surface area contributed by atoms with E-state index in [0.717, 1.165) is 36.0 Å². The number of rotatable bonds is 12. The van der Waals surface area contributed by atoms with Gasteiger partial charge < -0.3 is 30.1 Å². The molecule has 0 saturated carbocycles. The highest BCUT2D eigenvalue weighted by Gasteiger charge is 2.23. The summed E-state index contributed by atoms with van der Waals surface area (Å²) in [6.45, 7) is 8.87. The molecule has 1 aliphatic heterocycles. The maximum Gasteiger partial charge on any atom is 0.325 e. The number of phenols is 1. The van der Waals surface area contributed by atoms with Crippen molar-refractivity contribution in [2.24, 2.45) is 0 Å². The fraction of sp³-hybridized carbons (Fsp3) is 0.500. The minimum Gasteiger partial charge on any atom is -0.507 e. The van der Waals surface area contributed by atoms with Crippen molar-refractivity contribution >= 4 is 17.9 Å². The van der Waals surface area contributed by atoms with Gasteiger partial charge in [-0.1, -0.05) is 56.7 Å². The molecule has 3 N–H and O–H groups in total. The number of hydrogen-bond acceptors (Lipinski definition) is 6. The molecule has 0 atom stereocenters. The summed E-state index contributed by atoms with van der Waals surface area (Å²) in [5.41, 5.74) is 3.17. The summed E-state index contributed by atoms with van der Waals surface area (Å²) in [4.78, 5) is 37.8. The largest absolute Gasteiger partial charge is 0.507 e. The van der Waals surface area contributed by atoms with Crippen molar-refractivity contribution in [1.29, 1.82) is 0 Å². The van der Waals surface area contributed by atoms with Gasteiger partial charge >= 0.3 is 12.0 Å². The number of amides is 3. The number of ether oxygens (including phenoxy) is 2. The topological polar surface area (TPSA) is 117 Å². The molecule has 2 aromatic rings. The summed E-state index contributed by atoms with van der Waals surface area (Å²) in [5, 5.41) is 16.2. The second-order valence-corrected chi connectivity index (χ2v) is 10.3. The van der Waals surface area contributed by atoms with Crippen LogP contribution in [0.1, 0.15) is 57.6 Å². The SMILES string of the molecule is CCOC(=O)CNC(=O)NCc1ccccc1-c1ccc(C(C)(C)CCCCC(=O)N2CCOCC2)cc1O. The molecule has 0 unspecified atom stereocenters. The van der Waals surface area contributed by atoms with Crippen LogP contribution in [0.3, 0.4) is 0 Å². The van der Waals surface area contributed by atoms with Crippen molar-refractivity contribution < 1.29 is 29.0 Å². The number of nitrogens with one attached hydrogen (secondary N) is 2. The van der Waals surface area contributed by atoms with E-state index in [-0.39, 0.29) is 36.8 Å². The zero-order valence-corrected chi connectivity index (χ0v) is 23.3. The first-order valence-electron chi connectivity index (χ1n) is 13.7. The molecule has 0 radical (unpaired) electrons. The zero-order valence-electron chi connectivity index (χ0n) is 23.3. The Kier molecular flexibility index (Phi) is 11.2. The van der Waals surface area contributed by atoms with Crippen LogP contribution < -0.4 is 10.6 Å². The van der Waals surface area contributed by atoms with E-state index in [2.05, 4.69) is 24.5 Å². The van der Waals surface area contributed by atoms with Gasteiger partial charge in [0, 0.05) is 31.6 Å². The van der Waals surface area contributed by atoms with Gasteiger partial charge in [0.15, 0.2) is 0 Å². The monoisotopic (exact) mass is 539 g/mol. The smallest absolute Gasteiger partial charge is 0.325 e. The van der Waals surface area contributed by atoms with Crippen LogP contribution in [0.4, 0.5) is 4.79 Å². The lowest BCUT2D eigenvalue weighted by Crippen LogP contribution is -2.40. The molecular weight excluding hydrogens is 498 g/mol. The highest BCUT2D eigenvalue weighted by Crippen LogP contribution is 2.37. The number of aromatic hydroxyl groups is 1. The molecule has 1 fully saturated rings. The third-order valence-electron chi connectivity index (χ3n) is 7.03. The van der Waals surface area contributed by atoms with Crippen molar-refractivity contribution in [3.63, 3.8) is 0 Å². The Morgan fingerprint density at radius 1 is 1.03 bits per heavy atom. The Bertz CT molecular complexity index is 1130. The third kappa shape index (κ3) is 8.99. The molecule has 39 heavy (non-hydrogen) atoms. The highest BCUT2D eigenvalue weighted by atomic mass is 16.5. The van der Waals surface area contributed by atoms with Gasteiger partial charge in [-0.05, 0) is 47.9 Å². The van der Waals surface area contributed by atoms with Gasteiger partial charge in [0.2, 0.25) is 5.91 Å². The summed E-state index contributed by atoms with van der Waals surface area (Å²) < 4.78 is 10.1. The highest BCUT2D eigenvalue weighted by molar-refractivity contribution is 5.81. The maximum absolute atomic E-state index is 12.4. The fourth-order valence-corrected chi connectivity index (χ4v) is 4.68. The van der Waals surface area contributed by atoms with Crippen molar-refractivity contribution in [2.45, 2.75) is 58.4 Å². The number of benzene rings is 2. The number of carbonyl (C=O) groups is 3. The normalized spacial score (nSPS) is 13.6. The average molecular weight is 540 g/mol. The lowest BCUT2D eigenvalue weighted by Gasteiger charge is -2.28. The van der Waals surface area contributed by atoms with Crippen LogP contribution in [0.15, 0.2) is 42.5 Å². The van der Waals surface area contributed by atoms with Crippen LogP contribution in [0.5, 0.6) is 5.75 Å². The molecule has 0 bridgehead atoms. The van der Waals surface area contributed by atoms with E-state index in [9.17, 15) is 19.5 Å². The van der Waals surface area contributed by atoms with Gasteiger partial charge in [-0.2, -0.15) is 0 Å². The quantitative estimate of drug-likeness (QED) is 0.276. The molecule has 0 aromatic heterocycles. The minimum absolute atomic E-state index is 0.169. The van der Waals surface area contributed by atoms with Gasteiger partial charge in [-0.3, -0.25) is 9.59 Å². The first-order valence-corrected chi connectivity index (χ1v) is 13.7. The molecular formula is C30H41N3O6. The van der Waals surface area contributed by atoms with Crippen molar-refractivity contribution in [1.82, 2.24) is 15.5 Å². The second kappa shape index (κ2) is 14.5. The van der Waals surface area contributed by atoms with Gasteiger partial charge in [0.05, 0.1) is 19.8 Å². The lowest BCUT2D eigenvalue weighted by atomic mass is 9.79. The van der Waals surface area contributed by atoms with E-state index in [1.54, 1.807) is 6.92 Å². The van der Waals surface area contributed by atoms with Crippen molar-refractivity contribution in [3.05, 3.63) is 53.6 Å². The molecule has 0 aliphatic carbocycles. The maximum atomic E-state index is 12.4. The summed E-state index contributed by atoms with van der Waals surface area (Å²) in [5.74, 6) is -0.132. The van der Waals surface area contributed by atoms with Crippen molar-refractivity contribution in [2.75, 3.05) is 39.5 Å². The van der Waals surface area contributed by atoms with Crippen LogP contribution in [-0.4, -0.2) is 67.4 Å². The molecule has 9 nitrogen and oxygen atoms in total. The van der Waals surface area contributed by atoms with Crippen molar-refractivity contribution in [3.8, 4) is 16.9 Å². The minimum atomic E-state index is -0.498. The predicted molar refractivity (Wildman–Crippen MR) is 149 cm³/mol. The van der Waals surface area contributed by atoms with Crippen LogP contribution in [0, 0.1) is 0 Å². The van der Waals surface area contributed by atoms with E-state index in [1.165, 1.54) is 0 Å². The van der Waals surface area contributed by atoms with E-state index in [4.69, 9.17) is 9.47 Å². The van der Waals surface area contributed by atoms with E-state index < -0.39 is 12.0 Å². The Hall–Kier alpha value is -3.59. The van der Waals surface area contributed by atoms with Crippen LogP contribution in [0.25, 0.3) is 11.1 Å². The number of unbranched alkanes of at least 4 members (excludes halogenated alkanes) is 1. The number of phenolic OH excluding ortho intramolecular Hbond substituents is 1. The average Bonchev–Trinajstić information content (AvgIpc) is 2.94. The predicted octanol–water partition coefficient (Wildman–Crippen LogP) is 4.12. The number of morpholine rings is 1. The van der Waals surface area contributed by atoms with Gasteiger partial charge in [-0.25, -0.2) is 4.79 Å². The number of carbonyl (C=O) groups excluding carboxylic acids is 3. The molecule has 3 amide bonds. The Morgan fingerprint density at radius 3 is 2.49 bits per heavy atom. The van der Waals surface area contributed by atoms with Crippen LogP contribution in [-0.2, 0) is 31.0 Å². The molecule has 2 aromatic carbocycles. The van der Waals surface area contributed by atoms with E-state index >= 15 is 0 Å². The second-order valence-electron chi connectivity index (χ2n) is 10.3. The third-order valence-corrected chi connectivity index (χ3v) is 7.03. The van der Waals surface area contributed by atoms with Crippen LogP contribution in [0.2, 0.25) is 0 Å².